The van der Waals surface area contributed by atoms with Gasteiger partial charge in [0.2, 0.25) is 0 Å². The zero-order valence-electron chi connectivity index (χ0n) is 13.5. The molecule has 1 heterocycles. The number of hydrogen-bond donors (Lipinski definition) is 2. The summed E-state index contributed by atoms with van der Waals surface area (Å²) in [5.74, 6) is 0.650. The number of para-hydroxylation sites is 1. The molecule has 0 radical (unpaired) electrons. The molecule has 3 aromatic rings. The Labute approximate surface area is 135 Å². The second-order valence-corrected chi connectivity index (χ2v) is 5.71. The minimum absolute atomic E-state index is 0.128. The molecule has 2 N–H and O–H groups in total. The zero-order chi connectivity index (χ0) is 16.4. The summed E-state index contributed by atoms with van der Waals surface area (Å²) < 4.78 is 5.40. The van der Waals surface area contributed by atoms with Crippen molar-refractivity contribution in [2.24, 2.45) is 0 Å². The van der Waals surface area contributed by atoms with Gasteiger partial charge in [-0.25, -0.2) is 0 Å². The van der Waals surface area contributed by atoms with Crippen LogP contribution in [-0.4, -0.2) is 18.0 Å². The van der Waals surface area contributed by atoms with E-state index in [0.717, 1.165) is 27.8 Å². The van der Waals surface area contributed by atoms with Gasteiger partial charge in [-0.1, -0.05) is 35.9 Å². The monoisotopic (exact) mass is 308 g/mol. The van der Waals surface area contributed by atoms with Crippen LogP contribution in [0.4, 0.5) is 0 Å². The van der Waals surface area contributed by atoms with E-state index in [0.29, 0.717) is 5.69 Å². The molecule has 0 aliphatic heterocycles. The fourth-order valence-corrected chi connectivity index (χ4v) is 2.74. The van der Waals surface area contributed by atoms with Gasteiger partial charge in [-0.3, -0.25) is 4.79 Å². The molecule has 0 spiro atoms. The molecule has 1 amide bonds. The lowest BCUT2D eigenvalue weighted by molar-refractivity contribution is 0.0935. The predicted octanol–water partition coefficient (Wildman–Crippen LogP) is 3.98. The van der Waals surface area contributed by atoms with Gasteiger partial charge in [0, 0.05) is 16.5 Å². The lowest BCUT2D eigenvalue weighted by Crippen LogP contribution is -2.27. The third-order valence-electron chi connectivity index (χ3n) is 3.97. The highest BCUT2D eigenvalue weighted by molar-refractivity contribution is 5.98. The summed E-state index contributed by atoms with van der Waals surface area (Å²) in [5.41, 5.74) is 3.62. The van der Waals surface area contributed by atoms with Crippen molar-refractivity contribution in [1.29, 1.82) is 0 Å². The van der Waals surface area contributed by atoms with Crippen LogP contribution in [0.25, 0.3) is 10.9 Å². The van der Waals surface area contributed by atoms with Gasteiger partial charge in [-0.05, 0) is 32.0 Å². The topological polar surface area (TPSA) is 54.1 Å². The van der Waals surface area contributed by atoms with Crippen molar-refractivity contribution in [3.63, 3.8) is 0 Å². The second-order valence-electron chi connectivity index (χ2n) is 5.71. The first-order valence-corrected chi connectivity index (χ1v) is 7.61. The highest BCUT2D eigenvalue weighted by Gasteiger charge is 2.16. The summed E-state index contributed by atoms with van der Waals surface area (Å²) in [6.45, 7) is 3.98. The fraction of sp³-hybridized carbons (Fsp3) is 0.211. The summed E-state index contributed by atoms with van der Waals surface area (Å²) >= 11 is 0. The van der Waals surface area contributed by atoms with Crippen molar-refractivity contribution in [3.05, 3.63) is 65.4 Å². The smallest absolute Gasteiger partial charge is 0.268 e. The molecule has 0 unspecified atom stereocenters. The van der Waals surface area contributed by atoms with E-state index in [1.165, 1.54) is 0 Å². The Morgan fingerprint density at radius 1 is 1.17 bits per heavy atom. The predicted molar refractivity (Wildman–Crippen MR) is 91.9 cm³/mol. The number of carbonyl (C=O) groups is 1. The van der Waals surface area contributed by atoms with Crippen LogP contribution in [0.3, 0.4) is 0 Å². The van der Waals surface area contributed by atoms with Crippen LogP contribution in [0.15, 0.2) is 48.5 Å². The molecule has 1 aromatic heterocycles. The van der Waals surface area contributed by atoms with Gasteiger partial charge < -0.3 is 15.0 Å². The van der Waals surface area contributed by atoms with Crippen LogP contribution in [0, 0.1) is 6.92 Å². The van der Waals surface area contributed by atoms with E-state index in [2.05, 4.69) is 10.3 Å². The molecule has 4 heteroatoms. The molecule has 3 rings (SSSR count). The summed E-state index contributed by atoms with van der Waals surface area (Å²) in [4.78, 5) is 15.6. The van der Waals surface area contributed by atoms with Crippen LogP contribution in [-0.2, 0) is 0 Å². The van der Waals surface area contributed by atoms with Crippen molar-refractivity contribution >= 4 is 16.8 Å². The Kier molecular flexibility index (Phi) is 4.06. The molecular weight excluding hydrogens is 288 g/mol. The molecule has 2 aromatic carbocycles. The van der Waals surface area contributed by atoms with E-state index in [1.54, 1.807) is 7.11 Å². The van der Waals surface area contributed by atoms with E-state index in [-0.39, 0.29) is 11.9 Å². The van der Waals surface area contributed by atoms with Crippen molar-refractivity contribution in [2.45, 2.75) is 19.9 Å². The maximum atomic E-state index is 12.5. The first-order valence-electron chi connectivity index (χ1n) is 7.61. The lowest BCUT2D eigenvalue weighted by Gasteiger charge is -2.17. The second kappa shape index (κ2) is 6.16. The van der Waals surface area contributed by atoms with Crippen molar-refractivity contribution < 1.29 is 9.53 Å². The highest BCUT2D eigenvalue weighted by atomic mass is 16.5. The molecule has 0 saturated heterocycles. The van der Waals surface area contributed by atoms with Crippen molar-refractivity contribution in [3.8, 4) is 5.75 Å². The van der Waals surface area contributed by atoms with E-state index in [1.807, 2.05) is 62.4 Å². The van der Waals surface area contributed by atoms with Gasteiger partial charge in [0.05, 0.1) is 13.2 Å². The van der Waals surface area contributed by atoms with Gasteiger partial charge in [0.1, 0.15) is 11.4 Å². The van der Waals surface area contributed by atoms with E-state index in [4.69, 9.17) is 4.74 Å². The largest absolute Gasteiger partial charge is 0.496 e. The van der Waals surface area contributed by atoms with E-state index < -0.39 is 0 Å². The highest BCUT2D eigenvalue weighted by Crippen LogP contribution is 2.26. The molecule has 23 heavy (non-hydrogen) atoms. The summed E-state index contributed by atoms with van der Waals surface area (Å²) in [7, 11) is 1.64. The third kappa shape index (κ3) is 3.06. The third-order valence-corrected chi connectivity index (χ3v) is 3.97. The number of rotatable bonds is 4. The van der Waals surface area contributed by atoms with E-state index in [9.17, 15) is 4.79 Å². The first-order chi connectivity index (χ1) is 11.1. The van der Waals surface area contributed by atoms with Gasteiger partial charge in [-0.2, -0.15) is 0 Å². The summed E-state index contributed by atoms with van der Waals surface area (Å²) in [6.07, 6.45) is 0. The Hall–Kier alpha value is -2.75. The SMILES string of the molecule is COc1ccc(C)cc1[C@@H](C)NC(=O)c1cc2ccccc2[nH]1. The zero-order valence-corrected chi connectivity index (χ0v) is 13.5. The van der Waals surface area contributed by atoms with Crippen LogP contribution in [0.1, 0.15) is 34.6 Å². The minimum Gasteiger partial charge on any atom is -0.496 e. The molecule has 118 valence electrons. The Morgan fingerprint density at radius 3 is 2.70 bits per heavy atom. The quantitative estimate of drug-likeness (QED) is 0.766. The minimum atomic E-state index is -0.149. The number of amides is 1. The molecule has 1 atom stereocenters. The van der Waals surface area contributed by atoms with Gasteiger partial charge in [0.25, 0.3) is 5.91 Å². The van der Waals surface area contributed by atoms with Gasteiger partial charge in [-0.15, -0.1) is 0 Å². The molecular formula is C19H20N2O2. The van der Waals surface area contributed by atoms with Crippen molar-refractivity contribution in [2.75, 3.05) is 7.11 Å². The standard InChI is InChI=1S/C19H20N2O2/c1-12-8-9-18(23-3)15(10-12)13(2)20-19(22)17-11-14-6-4-5-7-16(14)21-17/h4-11,13,21H,1-3H3,(H,20,22)/t13-/m1/s1. The average Bonchev–Trinajstić information content (AvgIpc) is 2.99. The maximum absolute atomic E-state index is 12.5. The summed E-state index contributed by atoms with van der Waals surface area (Å²) in [5, 5.41) is 4.05. The molecule has 0 fully saturated rings. The van der Waals surface area contributed by atoms with Crippen LogP contribution in [0.5, 0.6) is 5.75 Å². The van der Waals surface area contributed by atoms with E-state index >= 15 is 0 Å². The number of benzene rings is 2. The fourth-order valence-electron chi connectivity index (χ4n) is 2.74. The first kappa shape index (κ1) is 15.2. The van der Waals surface area contributed by atoms with Crippen molar-refractivity contribution in [1.82, 2.24) is 10.3 Å². The molecule has 0 saturated carbocycles. The number of hydrogen-bond acceptors (Lipinski definition) is 2. The maximum Gasteiger partial charge on any atom is 0.268 e. The molecule has 4 nitrogen and oxygen atoms in total. The normalized spacial score (nSPS) is 12.1. The Bertz CT molecular complexity index is 818. The average molecular weight is 308 g/mol. The number of H-pyrrole nitrogens is 1. The lowest BCUT2D eigenvalue weighted by atomic mass is 10.0. The molecule has 0 aliphatic carbocycles. The number of carbonyl (C=O) groups excluding carboxylic acids is 1. The van der Waals surface area contributed by atoms with Crippen LogP contribution in [0.2, 0.25) is 0 Å². The number of aromatic nitrogens is 1. The number of aryl methyl sites for hydroxylation is 1. The number of fused-ring (bicyclic) bond motifs is 1. The Balaban J connectivity index is 1.83. The van der Waals surface area contributed by atoms with Crippen LogP contribution >= 0.6 is 0 Å². The van der Waals surface area contributed by atoms with Gasteiger partial charge in [0.15, 0.2) is 0 Å². The number of nitrogens with one attached hydrogen (secondary N) is 2. The molecule has 0 bridgehead atoms. The summed E-state index contributed by atoms with van der Waals surface area (Å²) in [6, 6.07) is 15.5. The molecule has 0 aliphatic rings. The number of methoxy groups -OCH3 is 1. The number of ether oxygens (including phenoxy) is 1. The number of aromatic amines is 1. The van der Waals surface area contributed by atoms with Crippen LogP contribution < -0.4 is 10.1 Å². The van der Waals surface area contributed by atoms with Gasteiger partial charge >= 0.3 is 0 Å². The Morgan fingerprint density at radius 2 is 1.96 bits per heavy atom.